The van der Waals surface area contributed by atoms with Crippen LogP contribution in [0.25, 0.3) is 0 Å². The van der Waals surface area contributed by atoms with Gasteiger partial charge in [0.15, 0.2) is 0 Å². The summed E-state index contributed by atoms with van der Waals surface area (Å²) in [7, 11) is -1.64. The number of aromatic nitrogens is 2. The Hall–Kier alpha value is -0.920. The summed E-state index contributed by atoms with van der Waals surface area (Å²) in [5.74, 6) is 0.567. The molecule has 0 aromatic carbocycles. The molecule has 0 amide bonds. The second-order valence-corrected chi connectivity index (χ2v) is 7.70. The molecule has 7 heteroatoms. The maximum atomic E-state index is 12.4. The predicted octanol–water partition coefficient (Wildman–Crippen LogP) is 0.819. The van der Waals surface area contributed by atoms with E-state index in [2.05, 4.69) is 24.3 Å². The molecular weight excluding hydrogens is 276 g/mol. The molecule has 1 aromatic rings. The van der Waals surface area contributed by atoms with Crippen molar-refractivity contribution >= 4 is 10.0 Å². The van der Waals surface area contributed by atoms with Gasteiger partial charge in [0, 0.05) is 32.4 Å². The van der Waals surface area contributed by atoms with E-state index in [0.717, 1.165) is 19.4 Å². The first kappa shape index (κ1) is 15.5. The molecule has 2 heterocycles. The molecular formula is C13H24N4O2S. The number of hydrogen-bond acceptors (Lipinski definition) is 4. The Kier molecular flexibility index (Phi) is 4.82. The Balaban J connectivity index is 1.93. The van der Waals surface area contributed by atoms with Crippen molar-refractivity contribution in [3.8, 4) is 0 Å². The van der Waals surface area contributed by atoms with Crippen LogP contribution in [-0.4, -0.2) is 48.2 Å². The van der Waals surface area contributed by atoms with E-state index >= 15 is 0 Å². The van der Waals surface area contributed by atoms with Crippen molar-refractivity contribution in [2.75, 3.05) is 19.6 Å². The zero-order chi connectivity index (χ0) is 14.8. The molecule has 0 saturated carbocycles. The van der Waals surface area contributed by atoms with Crippen molar-refractivity contribution in [3.05, 3.63) is 12.4 Å². The minimum absolute atomic E-state index is 0.291. The number of nitrogens with zero attached hydrogens (tertiary/aromatic N) is 3. The van der Waals surface area contributed by atoms with Gasteiger partial charge in [-0.1, -0.05) is 13.8 Å². The summed E-state index contributed by atoms with van der Waals surface area (Å²) in [6, 6.07) is 0.479. The van der Waals surface area contributed by atoms with Crippen molar-refractivity contribution in [3.63, 3.8) is 0 Å². The standard InChI is InChI=1S/C13H24N4O2S/c1-11(2)14-8-12-4-6-17(7-5-12)20(18,19)13-9-15-16(3)10-13/h9-12,14H,4-8H2,1-3H3. The van der Waals surface area contributed by atoms with Crippen molar-refractivity contribution < 1.29 is 8.42 Å². The fraction of sp³-hybridized carbons (Fsp3) is 0.769. The van der Waals surface area contributed by atoms with Gasteiger partial charge in [-0.15, -0.1) is 0 Å². The zero-order valence-electron chi connectivity index (χ0n) is 12.4. The maximum Gasteiger partial charge on any atom is 0.246 e. The Bertz CT molecular complexity index is 530. The Morgan fingerprint density at radius 2 is 2.05 bits per heavy atom. The molecule has 114 valence electrons. The second kappa shape index (κ2) is 6.24. The van der Waals surface area contributed by atoms with E-state index in [-0.39, 0.29) is 0 Å². The lowest BCUT2D eigenvalue weighted by atomic mass is 9.98. The van der Waals surface area contributed by atoms with E-state index < -0.39 is 10.0 Å². The zero-order valence-corrected chi connectivity index (χ0v) is 13.2. The lowest BCUT2D eigenvalue weighted by Gasteiger charge is -2.31. The maximum absolute atomic E-state index is 12.4. The van der Waals surface area contributed by atoms with Gasteiger partial charge in [-0.3, -0.25) is 4.68 Å². The van der Waals surface area contributed by atoms with Crippen LogP contribution in [0.4, 0.5) is 0 Å². The number of sulfonamides is 1. The van der Waals surface area contributed by atoms with E-state index in [9.17, 15) is 8.42 Å². The fourth-order valence-electron chi connectivity index (χ4n) is 2.44. The third kappa shape index (κ3) is 3.59. The van der Waals surface area contributed by atoms with Gasteiger partial charge in [-0.05, 0) is 25.3 Å². The van der Waals surface area contributed by atoms with Gasteiger partial charge in [0.1, 0.15) is 4.90 Å². The van der Waals surface area contributed by atoms with Crippen molar-refractivity contribution in [2.45, 2.75) is 37.6 Å². The smallest absolute Gasteiger partial charge is 0.246 e. The summed E-state index contributed by atoms with van der Waals surface area (Å²) in [5.41, 5.74) is 0. The molecule has 1 fully saturated rings. The molecule has 1 aliphatic rings. The van der Waals surface area contributed by atoms with Gasteiger partial charge in [-0.25, -0.2) is 8.42 Å². The van der Waals surface area contributed by atoms with Crippen LogP contribution in [-0.2, 0) is 17.1 Å². The van der Waals surface area contributed by atoms with Crippen molar-refractivity contribution in [2.24, 2.45) is 13.0 Å². The molecule has 1 aliphatic heterocycles. The molecule has 0 aliphatic carbocycles. The first-order valence-electron chi connectivity index (χ1n) is 7.12. The molecule has 0 atom stereocenters. The van der Waals surface area contributed by atoms with E-state index in [1.165, 1.54) is 10.9 Å². The van der Waals surface area contributed by atoms with Gasteiger partial charge in [0.05, 0.1) is 6.20 Å². The van der Waals surface area contributed by atoms with Crippen LogP contribution < -0.4 is 5.32 Å². The van der Waals surface area contributed by atoms with E-state index in [1.54, 1.807) is 17.5 Å². The summed E-state index contributed by atoms with van der Waals surface area (Å²) < 4.78 is 28.0. The molecule has 1 aromatic heterocycles. The molecule has 0 bridgehead atoms. The molecule has 0 unspecified atom stereocenters. The highest BCUT2D eigenvalue weighted by Crippen LogP contribution is 2.23. The van der Waals surface area contributed by atoms with E-state index in [0.29, 0.717) is 29.9 Å². The molecule has 20 heavy (non-hydrogen) atoms. The van der Waals surface area contributed by atoms with Crippen LogP contribution in [0.2, 0.25) is 0 Å². The third-order valence-electron chi connectivity index (χ3n) is 3.71. The average molecular weight is 300 g/mol. The number of nitrogens with one attached hydrogen (secondary N) is 1. The first-order chi connectivity index (χ1) is 9.39. The van der Waals surface area contributed by atoms with Gasteiger partial charge in [0.25, 0.3) is 0 Å². The number of piperidine rings is 1. The Labute approximate surface area is 121 Å². The van der Waals surface area contributed by atoms with Crippen molar-refractivity contribution in [1.29, 1.82) is 0 Å². The molecule has 2 rings (SSSR count). The highest BCUT2D eigenvalue weighted by atomic mass is 32.2. The van der Waals surface area contributed by atoms with Gasteiger partial charge in [-0.2, -0.15) is 9.40 Å². The van der Waals surface area contributed by atoms with Crippen LogP contribution >= 0.6 is 0 Å². The van der Waals surface area contributed by atoms with Crippen LogP contribution in [0.5, 0.6) is 0 Å². The Morgan fingerprint density at radius 3 is 2.55 bits per heavy atom. The van der Waals surface area contributed by atoms with E-state index in [1.807, 2.05) is 0 Å². The summed E-state index contributed by atoms with van der Waals surface area (Å²) in [5, 5.41) is 7.36. The second-order valence-electron chi connectivity index (χ2n) is 5.76. The lowest BCUT2D eigenvalue weighted by molar-refractivity contribution is 0.264. The molecule has 6 nitrogen and oxygen atoms in total. The quantitative estimate of drug-likeness (QED) is 0.874. The van der Waals surface area contributed by atoms with Gasteiger partial charge < -0.3 is 5.32 Å². The van der Waals surface area contributed by atoms with Crippen molar-refractivity contribution in [1.82, 2.24) is 19.4 Å². The van der Waals surface area contributed by atoms with Gasteiger partial charge in [0.2, 0.25) is 10.0 Å². The minimum atomic E-state index is -3.37. The average Bonchev–Trinajstić information content (AvgIpc) is 2.84. The lowest BCUT2D eigenvalue weighted by Crippen LogP contribution is -2.41. The highest BCUT2D eigenvalue weighted by molar-refractivity contribution is 7.89. The summed E-state index contributed by atoms with van der Waals surface area (Å²) in [6.45, 7) is 6.42. The monoisotopic (exact) mass is 300 g/mol. The summed E-state index contributed by atoms with van der Waals surface area (Å²) >= 11 is 0. The molecule has 1 saturated heterocycles. The van der Waals surface area contributed by atoms with Crippen LogP contribution in [0, 0.1) is 5.92 Å². The highest BCUT2D eigenvalue weighted by Gasteiger charge is 2.30. The third-order valence-corrected chi connectivity index (χ3v) is 5.56. The van der Waals surface area contributed by atoms with Crippen LogP contribution in [0.3, 0.4) is 0 Å². The normalized spacial score (nSPS) is 18.8. The SMILES string of the molecule is CC(C)NCC1CCN(S(=O)(=O)c2cnn(C)c2)CC1. The van der Waals surface area contributed by atoms with Crippen LogP contribution in [0.1, 0.15) is 26.7 Å². The minimum Gasteiger partial charge on any atom is -0.314 e. The van der Waals surface area contributed by atoms with Gasteiger partial charge >= 0.3 is 0 Å². The number of rotatable bonds is 5. The summed E-state index contributed by atoms with van der Waals surface area (Å²) in [4.78, 5) is 0.291. The van der Waals surface area contributed by atoms with Crippen LogP contribution in [0.15, 0.2) is 17.3 Å². The first-order valence-corrected chi connectivity index (χ1v) is 8.56. The molecule has 1 N–H and O–H groups in total. The molecule has 0 radical (unpaired) electrons. The topological polar surface area (TPSA) is 67.2 Å². The largest absolute Gasteiger partial charge is 0.314 e. The summed E-state index contributed by atoms with van der Waals surface area (Å²) in [6.07, 6.45) is 4.81. The fourth-order valence-corrected chi connectivity index (χ4v) is 3.89. The molecule has 0 spiro atoms. The number of hydrogen-bond donors (Lipinski definition) is 1. The number of aryl methyl sites for hydroxylation is 1. The Morgan fingerprint density at radius 1 is 1.40 bits per heavy atom. The predicted molar refractivity (Wildman–Crippen MR) is 77.8 cm³/mol. The van der Waals surface area contributed by atoms with E-state index in [4.69, 9.17) is 0 Å².